The van der Waals surface area contributed by atoms with E-state index in [9.17, 15) is 22.7 Å². The normalized spacial score (nSPS) is 28.9. The molecule has 0 saturated heterocycles. The molecule has 0 aromatic carbocycles. The maximum atomic E-state index is 14.6. The van der Waals surface area contributed by atoms with E-state index in [0.717, 1.165) is 34.6 Å². The van der Waals surface area contributed by atoms with Crippen molar-refractivity contribution in [3.8, 4) is 0 Å². The van der Waals surface area contributed by atoms with Gasteiger partial charge in [0.05, 0.1) is 5.41 Å². The van der Waals surface area contributed by atoms with Crippen molar-refractivity contribution >= 4 is 0 Å². The molecule has 5 heteroatoms. The van der Waals surface area contributed by atoms with Crippen molar-refractivity contribution < 1.29 is 22.7 Å². The fraction of sp³-hybridized carbons (Fsp3) is 1.00. The highest BCUT2D eigenvalue weighted by atomic mass is 19.3. The Balaban J connectivity index is 3.40. The summed E-state index contributed by atoms with van der Waals surface area (Å²) in [7, 11) is 0. The van der Waals surface area contributed by atoms with E-state index in [1.807, 2.05) is 0 Å². The summed E-state index contributed by atoms with van der Waals surface area (Å²) in [6.07, 6.45) is -1.94. The van der Waals surface area contributed by atoms with Crippen molar-refractivity contribution in [3.05, 3.63) is 0 Å². The fourth-order valence-electron chi connectivity index (χ4n) is 3.68. The Bertz CT molecular complexity index is 354. The molecule has 0 aromatic heterocycles. The molecule has 19 heavy (non-hydrogen) atoms. The molecule has 0 aromatic rings. The summed E-state index contributed by atoms with van der Waals surface area (Å²) in [5, 5.41) is 9.79. The summed E-state index contributed by atoms with van der Waals surface area (Å²) in [6.45, 7) is 8.68. The van der Waals surface area contributed by atoms with Crippen molar-refractivity contribution in [1.82, 2.24) is 0 Å². The van der Waals surface area contributed by atoms with Gasteiger partial charge in [-0.3, -0.25) is 0 Å². The smallest absolute Gasteiger partial charge is 0.280 e. The van der Waals surface area contributed by atoms with Crippen LogP contribution in [0.3, 0.4) is 0 Å². The number of aliphatic hydroxyl groups excluding tert-OH is 1. The average molecular weight is 284 g/mol. The summed E-state index contributed by atoms with van der Waals surface area (Å²) in [5.41, 5.74) is -5.76. The van der Waals surface area contributed by atoms with Gasteiger partial charge in [-0.1, -0.05) is 48.5 Å². The van der Waals surface area contributed by atoms with Gasteiger partial charge in [0.25, 0.3) is 11.8 Å². The van der Waals surface area contributed by atoms with Crippen LogP contribution in [0.4, 0.5) is 17.6 Å². The van der Waals surface area contributed by atoms with E-state index in [4.69, 9.17) is 0 Å². The number of aliphatic hydroxyl groups is 1. The van der Waals surface area contributed by atoms with Crippen molar-refractivity contribution in [1.29, 1.82) is 0 Å². The van der Waals surface area contributed by atoms with Crippen LogP contribution in [0.5, 0.6) is 0 Å². The molecule has 0 bridgehead atoms. The van der Waals surface area contributed by atoms with Crippen LogP contribution in [-0.4, -0.2) is 23.1 Å². The first-order valence-electron chi connectivity index (χ1n) is 6.54. The Morgan fingerprint density at radius 1 is 0.895 bits per heavy atom. The standard InChI is InChI=1S/C14H24F4O/c1-8(2)9(19)13(15,16)12(7)10(3,4)14(17,18)11(12,5)6/h8-9,19H,1-7H3. The Hall–Kier alpha value is -0.320. The third kappa shape index (κ3) is 1.45. The van der Waals surface area contributed by atoms with Crippen LogP contribution < -0.4 is 0 Å². The lowest BCUT2D eigenvalue weighted by Crippen LogP contribution is -2.81. The van der Waals surface area contributed by atoms with Crippen LogP contribution in [0.1, 0.15) is 48.5 Å². The molecule has 1 aliphatic carbocycles. The maximum absolute atomic E-state index is 14.6. The van der Waals surface area contributed by atoms with Gasteiger partial charge >= 0.3 is 0 Å². The molecule has 1 nitrogen and oxygen atoms in total. The van der Waals surface area contributed by atoms with Crippen LogP contribution in [0.2, 0.25) is 0 Å². The third-order valence-electron chi connectivity index (χ3n) is 5.74. The number of halogens is 4. The minimum absolute atomic E-state index is 0.701. The Kier molecular flexibility index (Phi) is 3.40. The largest absolute Gasteiger partial charge is 0.387 e. The molecule has 1 atom stereocenters. The van der Waals surface area contributed by atoms with E-state index in [0.29, 0.717) is 0 Å². The van der Waals surface area contributed by atoms with Crippen molar-refractivity contribution in [2.45, 2.75) is 66.4 Å². The highest BCUT2D eigenvalue weighted by molar-refractivity contribution is 5.26. The Labute approximate surface area is 112 Å². The summed E-state index contributed by atoms with van der Waals surface area (Å²) >= 11 is 0. The molecule has 114 valence electrons. The quantitative estimate of drug-likeness (QED) is 0.764. The monoisotopic (exact) mass is 284 g/mol. The van der Waals surface area contributed by atoms with Gasteiger partial charge in [-0.05, 0) is 5.92 Å². The molecular weight excluding hydrogens is 260 g/mol. The molecule has 1 fully saturated rings. The third-order valence-corrected chi connectivity index (χ3v) is 5.74. The van der Waals surface area contributed by atoms with E-state index in [1.165, 1.54) is 13.8 Å². The minimum atomic E-state index is -3.59. The topological polar surface area (TPSA) is 20.2 Å². The zero-order valence-electron chi connectivity index (χ0n) is 12.6. The van der Waals surface area contributed by atoms with Gasteiger partial charge in [0.1, 0.15) is 6.10 Å². The summed E-state index contributed by atoms with van der Waals surface area (Å²) in [5.74, 6) is -7.50. The summed E-state index contributed by atoms with van der Waals surface area (Å²) in [6, 6.07) is 0. The van der Waals surface area contributed by atoms with Gasteiger partial charge in [0.2, 0.25) is 0 Å². The van der Waals surface area contributed by atoms with Crippen molar-refractivity contribution in [2.75, 3.05) is 0 Å². The second-order valence-electron chi connectivity index (χ2n) is 7.26. The number of hydrogen-bond acceptors (Lipinski definition) is 1. The highest BCUT2D eigenvalue weighted by Crippen LogP contribution is 2.80. The molecule has 1 unspecified atom stereocenters. The molecular formula is C14H24F4O. The lowest BCUT2D eigenvalue weighted by molar-refractivity contribution is -0.434. The molecule has 1 aliphatic rings. The molecule has 1 rings (SSSR count). The van der Waals surface area contributed by atoms with E-state index in [1.54, 1.807) is 0 Å². The van der Waals surface area contributed by atoms with Crippen LogP contribution in [0.25, 0.3) is 0 Å². The first-order valence-corrected chi connectivity index (χ1v) is 6.54. The zero-order valence-corrected chi connectivity index (χ0v) is 12.6. The van der Waals surface area contributed by atoms with Crippen LogP contribution in [0, 0.1) is 22.2 Å². The van der Waals surface area contributed by atoms with E-state index >= 15 is 0 Å². The summed E-state index contributed by atoms with van der Waals surface area (Å²) in [4.78, 5) is 0. The predicted octanol–water partition coefficient (Wildman–Crippen LogP) is 4.35. The van der Waals surface area contributed by atoms with E-state index < -0.39 is 40.1 Å². The number of hydrogen-bond donors (Lipinski definition) is 1. The van der Waals surface area contributed by atoms with Crippen LogP contribution in [0.15, 0.2) is 0 Å². The second-order valence-corrected chi connectivity index (χ2v) is 7.26. The van der Waals surface area contributed by atoms with Gasteiger partial charge in [-0.15, -0.1) is 0 Å². The zero-order chi connectivity index (χ0) is 15.7. The van der Waals surface area contributed by atoms with Gasteiger partial charge in [0, 0.05) is 10.8 Å². The molecule has 0 amide bonds. The SMILES string of the molecule is CC(C)C(O)C(F)(F)C1(C)C(C)(C)C(F)(F)C1(C)C. The minimum Gasteiger partial charge on any atom is -0.387 e. The molecule has 0 radical (unpaired) electrons. The Morgan fingerprint density at radius 3 is 1.47 bits per heavy atom. The predicted molar refractivity (Wildman–Crippen MR) is 66.4 cm³/mol. The second kappa shape index (κ2) is 3.86. The first kappa shape index (κ1) is 16.7. The van der Waals surface area contributed by atoms with E-state index in [2.05, 4.69) is 0 Å². The number of alkyl halides is 4. The molecule has 0 spiro atoms. The van der Waals surface area contributed by atoms with Gasteiger partial charge < -0.3 is 5.11 Å². The molecule has 1 saturated carbocycles. The Morgan fingerprint density at radius 2 is 1.21 bits per heavy atom. The number of rotatable bonds is 3. The van der Waals surface area contributed by atoms with Gasteiger partial charge in [-0.2, -0.15) is 0 Å². The average Bonchev–Trinajstić information content (AvgIpc) is 2.24. The summed E-state index contributed by atoms with van der Waals surface area (Å²) < 4.78 is 57.6. The van der Waals surface area contributed by atoms with Crippen LogP contribution in [-0.2, 0) is 0 Å². The van der Waals surface area contributed by atoms with Gasteiger partial charge in [0.15, 0.2) is 0 Å². The van der Waals surface area contributed by atoms with E-state index in [-0.39, 0.29) is 0 Å². The first-order chi connectivity index (χ1) is 8.10. The van der Waals surface area contributed by atoms with Crippen molar-refractivity contribution in [3.63, 3.8) is 0 Å². The highest BCUT2D eigenvalue weighted by Gasteiger charge is 2.88. The molecule has 1 N–H and O–H groups in total. The molecule has 0 aliphatic heterocycles. The molecule has 0 heterocycles. The van der Waals surface area contributed by atoms with Crippen LogP contribution >= 0.6 is 0 Å². The lowest BCUT2D eigenvalue weighted by Gasteiger charge is -2.72. The maximum Gasteiger partial charge on any atom is 0.280 e. The fourth-order valence-corrected chi connectivity index (χ4v) is 3.68. The lowest BCUT2D eigenvalue weighted by atomic mass is 9.34. The van der Waals surface area contributed by atoms with Crippen molar-refractivity contribution in [2.24, 2.45) is 22.2 Å². The van der Waals surface area contributed by atoms with Gasteiger partial charge in [-0.25, -0.2) is 17.6 Å².